The minimum atomic E-state index is -3.58. The number of nitrogens with two attached hydrogens (primary N) is 1. The highest BCUT2D eigenvalue weighted by atomic mass is 79.9. The first-order valence-electron chi connectivity index (χ1n) is 5.43. The molecule has 5 nitrogen and oxygen atoms in total. The van der Waals surface area contributed by atoms with Crippen LogP contribution in [0.15, 0.2) is 52.0 Å². The zero-order valence-electron chi connectivity index (χ0n) is 9.88. The van der Waals surface area contributed by atoms with Gasteiger partial charge in [0.2, 0.25) is 10.0 Å². The van der Waals surface area contributed by atoms with E-state index in [9.17, 15) is 8.42 Å². The summed E-state index contributed by atoms with van der Waals surface area (Å²) < 4.78 is 27.5. The van der Waals surface area contributed by atoms with Gasteiger partial charge < -0.3 is 5.73 Å². The maximum Gasteiger partial charge on any atom is 0.241 e. The molecule has 0 amide bonds. The Morgan fingerprint density at radius 3 is 2.74 bits per heavy atom. The number of anilines is 1. The van der Waals surface area contributed by atoms with E-state index < -0.39 is 10.0 Å². The molecule has 0 aliphatic rings. The van der Waals surface area contributed by atoms with Gasteiger partial charge in [-0.15, -0.1) is 0 Å². The maximum absolute atomic E-state index is 12.0. The highest BCUT2D eigenvalue weighted by Crippen LogP contribution is 2.14. The van der Waals surface area contributed by atoms with Crippen molar-refractivity contribution in [3.8, 4) is 0 Å². The molecule has 0 radical (unpaired) electrons. The topological polar surface area (TPSA) is 85.1 Å². The van der Waals surface area contributed by atoms with Crippen molar-refractivity contribution < 1.29 is 8.42 Å². The number of rotatable bonds is 4. The number of sulfonamides is 1. The summed E-state index contributed by atoms with van der Waals surface area (Å²) in [6.45, 7) is 0.212. The summed E-state index contributed by atoms with van der Waals surface area (Å²) in [6, 6.07) is 10.1. The number of hydrogen-bond donors (Lipinski definition) is 2. The van der Waals surface area contributed by atoms with Gasteiger partial charge in [-0.1, -0.05) is 28.1 Å². The SMILES string of the molecule is Nc1cc(S(=O)(=O)NCc2cccc(Br)c2)ccn1. The van der Waals surface area contributed by atoms with Crippen LogP contribution in [0.4, 0.5) is 5.82 Å². The third kappa shape index (κ3) is 3.76. The van der Waals surface area contributed by atoms with Gasteiger partial charge in [0.05, 0.1) is 4.90 Å². The van der Waals surface area contributed by atoms with Gasteiger partial charge in [-0.3, -0.25) is 0 Å². The highest BCUT2D eigenvalue weighted by Gasteiger charge is 2.14. The van der Waals surface area contributed by atoms with Crippen molar-refractivity contribution in [3.63, 3.8) is 0 Å². The number of nitrogens with one attached hydrogen (secondary N) is 1. The van der Waals surface area contributed by atoms with Crippen LogP contribution in [0.2, 0.25) is 0 Å². The number of benzene rings is 1. The fourth-order valence-corrected chi connectivity index (χ4v) is 2.99. The standard InChI is InChI=1S/C12H12BrN3O2S/c13-10-3-1-2-9(6-10)8-16-19(17,18)11-4-5-15-12(14)7-11/h1-7,16H,8H2,(H2,14,15). The molecular formula is C12H12BrN3O2S. The van der Waals surface area contributed by atoms with Gasteiger partial charge in [0.25, 0.3) is 0 Å². The van der Waals surface area contributed by atoms with Gasteiger partial charge in [-0.05, 0) is 23.8 Å². The smallest absolute Gasteiger partial charge is 0.241 e. The average Bonchev–Trinajstić information content (AvgIpc) is 2.37. The van der Waals surface area contributed by atoms with E-state index in [0.29, 0.717) is 0 Å². The molecular weight excluding hydrogens is 330 g/mol. The van der Waals surface area contributed by atoms with Crippen LogP contribution >= 0.6 is 15.9 Å². The van der Waals surface area contributed by atoms with Crippen LogP contribution in [-0.4, -0.2) is 13.4 Å². The van der Waals surface area contributed by atoms with Gasteiger partial charge >= 0.3 is 0 Å². The fraction of sp³-hybridized carbons (Fsp3) is 0.0833. The van der Waals surface area contributed by atoms with E-state index in [2.05, 4.69) is 25.6 Å². The number of halogens is 1. The van der Waals surface area contributed by atoms with Crippen LogP contribution < -0.4 is 10.5 Å². The van der Waals surface area contributed by atoms with Crippen molar-refractivity contribution in [2.75, 3.05) is 5.73 Å². The van der Waals surface area contributed by atoms with Crippen LogP contribution in [0.1, 0.15) is 5.56 Å². The highest BCUT2D eigenvalue weighted by molar-refractivity contribution is 9.10. The third-order valence-electron chi connectivity index (χ3n) is 2.42. The molecule has 2 rings (SSSR count). The first-order chi connectivity index (χ1) is 8.97. The summed E-state index contributed by atoms with van der Waals surface area (Å²) in [5, 5.41) is 0. The number of nitrogens with zero attached hydrogens (tertiary/aromatic N) is 1. The van der Waals surface area contributed by atoms with E-state index >= 15 is 0 Å². The third-order valence-corrected chi connectivity index (χ3v) is 4.31. The van der Waals surface area contributed by atoms with Crippen molar-refractivity contribution in [1.82, 2.24) is 9.71 Å². The van der Waals surface area contributed by atoms with E-state index in [1.165, 1.54) is 18.3 Å². The average molecular weight is 342 g/mol. The lowest BCUT2D eigenvalue weighted by Gasteiger charge is -2.07. The number of nitrogen functional groups attached to an aromatic ring is 1. The Bertz CT molecular complexity index is 689. The number of pyridine rings is 1. The number of hydrogen-bond acceptors (Lipinski definition) is 4. The molecule has 1 aromatic carbocycles. The van der Waals surface area contributed by atoms with E-state index in [4.69, 9.17) is 5.73 Å². The second-order valence-corrected chi connectivity index (χ2v) is 6.55. The summed E-state index contributed by atoms with van der Waals surface area (Å²) in [5.41, 5.74) is 6.33. The molecule has 0 atom stereocenters. The normalized spacial score (nSPS) is 11.4. The molecule has 0 spiro atoms. The van der Waals surface area contributed by atoms with Gasteiger partial charge in [-0.2, -0.15) is 0 Å². The lowest BCUT2D eigenvalue weighted by molar-refractivity contribution is 0.581. The van der Waals surface area contributed by atoms with Gasteiger partial charge in [0.15, 0.2) is 0 Å². The Hall–Kier alpha value is -1.44. The van der Waals surface area contributed by atoms with Crippen LogP contribution in [-0.2, 0) is 16.6 Å². The molecule has 0 aliphatic carbocycles. The lowest BCUT2D eigenvalue weighted by Crippen LogP contribution is -2.23. The van der Waals surface area contributed by atoms with E-state index in [0.717, 1.165) is 10.0 Å². The second kappa shape index (κ2) is 5.68. The summed E-state index contributed by atoms with van der Waals surface area (Å²) >= 11 is 3.34. The lowest BCUT2D eigenvalue weighted by atomic mass is 10.2. The molecule has 1 heterocycles. The van der Waals surface area contributed by atoms with Crippen molar-refractivity contribution in [2.45, 2.75) is 11.4 Å². The summed E-state index contributed by atoms with van der Waals surface area (Å²) in [5.74, 6) is 0.172. The first kappa shape index (κ1) is 14.0. The van der Waals surface area contributed by atoms with Crippen molar-refractivity contribution in [1.29, 1.82) is 0 Å². The molecule has 3 N–H and O–H groups in total. The number of aromatic nitrogens is 1. The predicted molar refractivity (Wildman–Crippen MR) is 76.8 cm³/mol. The van der Waals surface area contributed by atoms with Crippen LogP contribution in [0.3, 0.4) is 0 Å². The summed E-state index contributed by atoms with van der Waals surface area (Å²) in [4.78, 5) is 3.87. The Morgan fingerprint density at radius 2 is 2.05 bits per heavy atom. The predicted octanol–water partition coefficient (Wildman–Crippen LogP) is 1.90. The Morgan fingerprint density at radius 1 is 1.26 bits per heavy atom. The molecule has 0 fully saturated rings. The van der Waals surface area contributed by atoms with Crippen LogP contribution in [0.25, 0.3) is 0 Å². The molecule has 1 aromatic heterocycles. The van der Waals surface area contributed by atoms with E-state index in [1.54, 1.807) is 0 Å². The molecule has 0 saturated heterocycles. The van der Waals surface area contributed by atoms with E-state index in [1.807, 2.05) is 24.3 Å². The van der Waals surface area contributed by atoms with Crippen molar-refractivity contribution >= 4 is 31.8 Å². The molecule has 0 aliphatic heterocycles. The zero-order chi connectivity index (χ0) is 13.9. The van der Waals surface area contributed by atoms with Gasteiger partial charge in [0.1, 0.15) is 5.82 Å². The van der Waals surface area contributed by atoms with Crippen molar-refractivity contribution in [3.05, 3.63) is 52.6 Å². The largest absolute Gasteiger partial charge is 0.384 e. The van der Waals surface area contributed by atoms with Gasteiger partial charge in [0, 0.05) is 23.3 Å². The van der Waals surface area contributed by atoms with Crippen molar-refractivity contribution in [2.24, 2.45) is 0 Å². The molecule has 0 unspecified atom stereocenters. The zero-order valence-corrected chi connectivity index (χ0v) is 12.3. The fourth-order valence-electron chi connectivity index (χ4n) is 1.50. The minimum absolute atomic E-state index is 0.106. The second-order valence-electron chi connectivity index (χ2n) is 3.87. The van der Waals surface area contributed by atoms with Crippen LogP contribution in [0.5, 0.6) is 0 Å². The summed E-state index contributed by atoms with van der Waals surface area (Å²) in [6.07, 6.45) is 1.36. The molecule has 7 heteroatoms. The molecule has 19 heavy (non-hydrogen) atoms. The molecule has 100 valence electrons. The minimum Gasteiger partial charge on any atom is -0.384 e. The quantitative estimate of drug-likeness (QED) is 0.889. The van der Waals surface area contributed by atoms with E-state index in [-0.39, 0.29) is 17.3 Å². The van der Waals surface area contributed by atoms with Crippen LogP contribution in [0, 0.1) is 0 Å². The molecule has 2 aromatic rings. The first-order valence-corrected chi connectivity index (χ1v) is 7.71. The van der Waals surface area contributed by atoms with Gasteiger partial charge in [-0.25, -0.2) is 18.1 Å². The Balaban J connectivity index is 2.14. The molecule has 0 saturated carbocycles. The monoisotopic (exact) mass is 341 g/mol. The Kier molecular flexibility index (Phi) is 4.18. The molecule has 0 bridgehead atoms. The Labute approximate surface area is 120 Å². The maximum atomic E-state index is 12.0. The summed E-state index contributed by atoms with van der Waals surface area (Å²) in [7, 11) is -3.58.